The van der Waals surface area contributed by atoms with Gasteiger partial charge in [0.25, 0.3) is 5.91 Å². The Hall–Kier alpha value is -3.35. The highest BCUT2D eigenvalue weighted by Gasteiger charge is 2.49. The monoisotopic (exact) mass is 478 g/mol. The Balaban J connectivity index is 1.42. The molecule has 2 aliphatic rings. The number of ether oxygens (including phenoxy) is 2. The van der Waals surface area contributed by atoms with Gasteiger partial charge in [0.1, 0.15) is 11.8 Å². The number of aryl methyl sites for hydroxylation is 2. The van der Waals surface area contributed by atoms with Crippen molar-refractivity contribution >= 4 is 23.5 Å². The molecule has 1 aliphatic carbocycles. The summed E-state index contributed by atoms with van der Waals surface area (Å²) in [6.07, 6.45) is 4.69. The van der Waals surface area contributed by atoms with Crippen LogP contribution < -0.4 is 10.1 Å². The van der Waals surface area contributed by atoms with Crippen LogP contribution >= 0.6 is 0 Å². The minimum absolute atomic E-state index is 0.0889. The second kappa shape index (κ2) is 10.5. The standard InChI is InChI=1S/C28H34N2O5/c1-19-15-20(2)17-22(16-19)29-25(31)18-21-8-10-23(11-9-21)35-28(12-4-5-13-28)27(33)30-14-6-7-24(30)26(32)34-3/h8-11,15-17,24H,4-7,12-14,18H2,1-3H3,(H,29,31)/t24-/m0/s1. The highest BCUT2D eigenvalue weighted by Crippen LogP contribution is 2.38. The first-order chi connectivity index (χ1) is 16.8. The van der Waals surface area contributed by atoms with Crippen LogP contribution in [-0.2, 0) is 25.5 Å². The quantitative estimate of drug-likeness (QED) is 0.599. The van der Waals surface area contributed by atoms with E-state index >= 15 is 0 Å². The first-order valence-electron chi connectivity index (χ1n) is 12.3. The number of hydrogen-bond acceptors (Lipinski definition) is 5. The van der Waals surface area contributed by atoms with E-state index in [0.717, 1.165) is 41.6 Å². The van der Waals surface area contributed by atoms with Crippen LogP contribution in [0.1, 0.15) is 55.2 Å². The number of rotatable bonds is 7. The molecule has 1 atom stereocenters. The predicted molar refractivity (Wildman–Crippen MR) is 133 cm³/mol. The molecule has 1 saturated heterocycles. The Labute approximate surface area is 206 Å². The maximum Gasteiger partial charge on any atom is 0.328 e. The fraction of sp³-hybridized carbons (Fsp3) is 0.464. The van der Waals surface area contributed by atoms with Crippen molar-refractivity contribution in [1.82, 2.24) is 4.90 Å². The normalized spacial score (nSPS) is 18.8. The van der Waals surface area contributed by atoms with Crippen molar-refractivity contribution in [3.05, 3.63) is 59.2 Å². The Bertz CT molecular complexity index is 1070. The van der Waals surface area contributed by atoms with Gasteiger partial charge in [-0.25, -0.2) is 4.79 Å². The molecule has 186 valence electrons. The molecule has 7 nitrogen and oxygen atoms in total. The van der Waals surface area contributed by atoms with Crippen LogP contribution in [0.2, 0.25) is 0 Å². The van der Waals surface area contributed by atoms with Crippen molar-refractivity contribution < 1.29 is 23.9 Å². The summed E-state index contributed by atoms with van der Waals surface area (Å²) in [6, 6.07) is 12.8. The second-order valence-corrected chi connectivity index (χ2v) is 9.73. The van der Waals surface area contributed by atoms with Crippen LogP contribution in [0, 0.1) is 13.8 Å². The van der Waals surface area contributed by atoms with E-state index in [2.05, 4.69) is 11.4 Å². The van der Waals surface area contributed by atoms with Crippen LogP contribution in [-0.4, -0.2) is 48.0 Å². The number of carbonyl (C=O) groups is 3. The lowest BCUT2D eigenvalue weighted by molar-refractivity contribution is -0.158. The van der Waals surface area contributed by atoms with Crippen LogP contribution in [0.4, 0.5) is 5.69 Å². The van der Waals surface area contributed by atoms with Gasteiger partial charge in [-0.1, -0.05) is 18.2 Å². The van der Waals surface area contributed by atoms with Gasteiger partial charge < -0.3 is 19.7 Å². The predicted octanol–water partition coefficient (Wildman–Crippen LogP) is 4.34. The molecule has 2 fully saturated rings. The molecule has 1 aliphatic heterocycles. The highest BCUT2D eigenvalue weighted by molar-refractivity contribution is 5.92. The first-order valence-corrected chi connectivity index (χ1v) is 12.3. The molecule has 2 amide bonds. The Morgan fingerprint density at radius 3 is 2.29 bits per heavy atom. The van der Waals surface area contributed by atoms with Crippen molar-refractivity contribution in [3.63, 3.8) is 0 Å². The Morgan fingerprint density at radius 2 is 1.66 bits per heavy atom. The zero-order valence-electron chi connectivity index (χ0n) is 20.8. The molecule has 0 spiro atoms. The van der Waals surface area contributed by atoms with Crippen molar-refractivity contribution in [2.24, 2.45) is 0 Å². The van der Waals surface area contributed by atoms with E-state index in [9.17, 15) is 14.4 Å². The summed E-state index contributed by atoms with van der Waals surface area (Å²) in [7, 11) is 1.36. The topological polar surface area (TPSA) is 84.9 Å². The van der Waals surface area contributed by atoms with Gasteiger partial charge in [-0.3, -0.25) is 9.59 Å². The molecule has 0 unspecified atom stereocenters. The summed E-state index contributed by atoms with van der Waals surface area (Å²) in [5, 5.41) is 2.96. The molecule has 2 aromatic rings. The second-order valence-electron chi connectivity index (χ2n) is 9.73. The fourth-order valence-corrected chi connectivity index (χ4v) is 5.30. The smallest absolute Gasteiger partial charge is 0.328 e. The molecule has 4 rings (SSSR count). The maximum absolute atomic E-state index is 13.6. The minimum Gasteiger partial charge on any atom is -0.477 e. The lowest BCUT2D eigenvalue weighted by Crippen LogP contribution is -2.54. The number of amides is 2. The van der Waals surface area contributed by atoms with E-state index in [-0.39, 0.29) is 24.2 Å². The molecule has 0 aromatic heterocycles. The molecule has 1 saturated carbocycles. The summed E-state index contributed by atoms with van der Waals surface area (Å²) in [5.74, 6) is 0.00813. The molecule has 1 N–H and O–H groups in total. The van der Waals surface area contributed by atoms with E-state index in [1.165, 1.54) is 7.11 Å². The van der Waals surface area contributed by atoms with Crippen LogP contribution in [0.3, 0.4) is 0 Å². The van der Waals surface area contributed by atoms with Gasteiger partial charge in [-0.15, -0.1) is 0 Å². The number of methoxy groups -OCH3 is 1. The summed E-state index contributed by atoms with van der Waals surface area (Å²) in [4.78, 5) is 39.9. The van der Waals surface area contributed by atoms with Gasteiger partial charge in [-0.05, 0) is 93.3 Å². The number of nitrogens with one attached hydrogen (secondary N) is 1. The number of likely N-dealkylation sites (tertiary alicyclic amines) is 1. The number of nitrogens with zero attached hydrogens (tertiary/aromatic N) is 1. The summed E-state index contributed by atoms with van der Waals surface area (Å²) >= 11 is 0. The largest absolute Gasteiger partial charge is 0.477 e. The number of benzene rings is 2. The van der Waals surface area contributed by atoms with Crippen molar-refractivity contribution in [1.29, 1.82) is 0 Å². The lowest BCUT2D eigenvalue weighted by Gasteiger charge is -2.35. The van der Waals surface area contributed by atoms with E-state index in [1.807, 2.05) is 50.2 Å². The van der Waals surface area contributed by atoms with Gasteiger partial charge in [0.05, 0.1) is 13.5 Å². The Morgan fingerprint density at radius 1 is 1.00 bits per heavy atom. The first kappa shape index (κ1) is 24.8. The lowest BCUT2D eigenvalue weighted by atomic mass is 9.99. The number of carbonyl (C=O) groups excluding carboxylic acids is 3. The average molecular weight is 479 g/mol. The van der Waals surface area contributed by atoms with E-state index in [1.54, 1.807) is 4.90 Å². The van der Waals surface area contributed by atoms with Crippen LogP contribution in [0.5, 0.6) is 5.75 Å². The van der Waals surface area contributed by atoms with Gasteiger partial charge in [0.2, 0.25) is 5.91 Å². The van der Waals surface area contributed by atoms with Crippen molar-refractivity contribution in [2.45, 2.75) is 70.4 Å². The summed E-state index contributed by atoms with van der Waals surface area (Å²) < 4.78 is 11.3. The third-order valence-electron chi connectivity index (χ3n) is 6.89. The van der Waals surface area contributed by atoms with E-state index in [4.69, 9.17) is 9.47 Å². The number of hydrogen-bond donors (Lipinski definition) is 1. The van der Waals surface area contributed by atoms with Crippen molar-refractivity contribution in [2.75, 3.05) is 19.0 Å². The summed E-state index contributed by atoms with van der Waals surface area (Å²) in [5.41, 5.74) is 2.89. The third kappa shape index (κ3) is 5.66. The molecule has 0 radical (unpaired) electrons. The van der Waals surface area contributed by atoms with Gasteiger partial charge >= 0.3 is 5.97 Å². The molecular formula is C28H34N2O5. The van der Waals surface area contributed by atoms with E-state index in [0.29, 0.717) is 31.6 Å². The van der Waals surface area contributed by atoms with Gasteiger partial charge in [0.15, 0.2) is 5.60 Å². The molecule has 1 heterocycles. The van der Waals surface area contributed by atoms with Crippen molar-refractivity contribution in [3.8, 4) is 5.75 Å². The summed E-state index contributed by atoms with van der Waals surface area (Å²) in [6.45, 7) is 4.54. The fourth-order valence-electron chi connectivity index (χ4n) is 5.30. The molecule has 2 aromatic carbocycles. The molecule has 35 heavy (non-hydrogen) atoms. The number of anilines is 1. The third-order valence-corrected chi connectivity index (χ3v) is 6.89. The molecule has 7 heteroatoms. The minimum atomic E-state index is -0.960. The molecule has 0 bridgehead atoms. The zero-order valence-corrected chi connectivity index (χ0v) is 20.8. The highest BCUT2D eigenvalue weighted by atomic mass is 16.5. The SMILES string of the molecule is COC(=O)[C@@H]1CCCN1C(=O)C1(Oc2ccc(CC(=O)Nc3cc(C)cc(C)c3)cc2)CCCC1. The zero-order chi connectivity index (χ0) is 25.0. The maximum atomic E-state index is 13.6. The molecular weight excluding hydrogens is 444 g/mol. The van der Waals surface area contributed by atoms with Gasteiger partial charge in [0, 0.05) is 12.2 Å². The van der Waals surface area contributed by atoms with Crippen LogP contribution in [0.25, 0.3) is 0 Å². The average Bonchev–Trinajstić information content (AvgIpc) is 3.49. The Kier molecular flexibility index (Phi) is 7.43. The number of esters is 1. The van der Waals surface area contributed by atoms with Gasteiger partial charge in [-0.2, -0.15) is 0 Å². The van der Waals surface area contributed by atoms with Crippen LogP contribution in [0.15, 0.2) is 42.5 Å². The van der Waals surface area contributed by atoms with E-state index < -0.39 is 11.6 Å².